The Bertz CT molecular complexity index is 480. The predicted molar refractivity (Wildman–Crippen MR) is 42.7 cm³/mol. The Hall–Kier alpha value is -1.98. The van der Waals surface area contributed by atoms with Gasteiger partial charge in [-0.3, -0.25) is 10.1 Å². The summed E-state index contributed by atoms with van der Waals surface area (Å²) in [5.41, 5.74) is 0.285. The Kier molecular flexibility index (Phi) is 1.48. The predicted octanol–water partition coefficient (Wildman–Crippen LogP) is 1.61. The first-order chi connectivity index (χ1) is 6.18. The molecule has 0 unspecified atom stereocenters. The SMILES string of the molecule is O=[N+]([O-])c1c[nH]c2ccc(F)nc12. The highest BCUT2D eigenvalue weighted by atomic mass is 19.1. The highest BCUT2D eigenvalue weighted by Crippen LogP contribution is 2.22. The fourth-order valence-electron chi connectivity index (χ4n) is 1.10. The maximum Gasteiger partial charge on any atom is 0.312 e. The third-order valence-electron chi connectivity index (χ3n) is 1.66. The molecule has 2 rings (SSSR count). The van der Waals surface area contributed by atoms with Crippen LogP contribution in [0.2, 0.25) is 0 Å². The molecule has 6 heteroatoms. The van der Waals surface area contributed by atoms with E-state index in [1.807, 2.05) is 0 Å². The molecule has 0 aliphatic heterocycles. The van der Waals surface area contributed by atoms with Gasteiger partial charge in [-0.25, -0.2) is 4.98 Å². The molecule has 66 valence electrons. The number of hydrogen-bond acceptors (Lipinski definition) is 3. The van der Waals surface area contributed by atoms with Crippen LogP contribution in [0.1, 0.15) is 0 Å². The van der Waals surface area contributed by atoms with Gasteiger partial charge in [0.15, 0.2) is 5.52 Å². The van der Waals surface area contributed by atoms with Crippen molar-refractivity contribution in [2.24, 2.45) is 0 Å². The average Bonchev–Trinajstić information content (AvgIpc) is 2.46. The summed E-state index contributed by atoms with van der Waals surface area (Å²) in [6.07, 6.45) is 1.19. The van der Waals surface area contributed by atoms with E-state index in [1.54, 1.807) is 0 Å². The molecule has 2 heterocycles. The van der Waals surface area contributed by atoms with Gasteiger partial charge in [0.25, 0.3) is 0 Å². The normalized spacial score (nSPS) is 10.5. The summed E-state index contributed by atoms with van der Waals surface area (Å²) >= 11 is 0. The number of pyridine rings is 1. The maximum absolute atomic E-state index is 12.6. The number of nitrogens with zero attached hydrogens (tertiary/aromatic N) is 2. The van der Waals surface area contributed by atoms with Crippen molar-refractivity contribution < 1.29 is 9.31 Å². The van der Waals surface area contributed by atoms with E-state index in [9.17, 15) is 14.5 Å². The van der Waals surface area contributed by atoms with Gasteiger partial charge in [-0.2, -0.15) is 4.39 Å². The van der Waals surface area contributed by atoms with Crippen molar-refractivity contribution in [2.75, 3.05) is 0 Å². The molecule has 0 aliphatic carbocycles. The quantitative estimate of drug-likeness (QED) is 0.412. The van der Waals surface area contributed by atoms with Crippen LogP contribution in [0.5, 0.6) is 0 Å². The van der Waals surface area contributed by atoms with Crippen LogP contribution in [0, 0.1) is 16.1 Å². The van der Waals surface area contributed by atoms with Crippen molar-refractivity contribution >= 4 is 16.7 Å². The second kappa shape index (κ2) is 2.51. The Morgan fingerprint density at radius 1 is 1.54 bits per heavy atom. The Morgan fingerprint density at radius 2 is 2.31 bits per heavy atom. The molecule has 0 fully saturated rings. The van der Waals surface area contributed by atoms with Crippen LogP contribution in [-0.2, 0) is 0 Å². The van der Waals surface area contributed by atoms with E-state index in [1.165, 1.54) is 12.3 Å². The van der Waals surface area contributed by atoms with Gasteiger partial charge in [0.2, 0.25) is 5.95 Å². The zero-order chi connectivity index (χ0) is 9.42. The Morgan fingerprint density at radius 3 is 3.00 bits per heavy atom. The number of aromatic nitrogens is 2. The monoisotopic (exact) mass is 181 g/mol. The van der Waals surface area contributed by atoms with E-state index in [0.717, 1.165) is 6.07 Å². The third kappa shape index (κ3) is 1.12. The number of nitro groups is 1. The molecular formula is C7H4FN3O2. The van der Waals surface area contributed by atoms with E-state index >= 15 is 0 Å². The second-order valence-electron chi connectivity index (χ2n) is 2.46. The number of rotatable bonds is 1. The summed E-state index contributed by atoms with van der Waals surface area (Å²) < 4.78 is 12.6. The average molecular weight is 181 g/mol. The van der Waals surface area contributed by atoms with Crippen LogP contribution in [0.15, 0.2) is 18.3 Å². The smallest absolute Gasteiger partial charge is 0.312 e. The number of hydrogen-bond donors (Lipinski definition) is 1. The third-order valence-corrected chi connectivity index (χ3v) is 1.66. The van der Waals surface area contributed by atoms with Crippen LogP contribution in [-0.4, -0.2) is 14.9 Å². The fourth-order valence-corrected chi connectivity index (χ4v) is 1.10. The van der Waals surface area contributed by atoms with Gasteiger partial charge in [0, 0.05) is 0 Å². The van der Waals surface area contributed by atoms with Crippen LogP contribution in [0.25, 0.3) is 11.0 Å². The standard InChI is InChI=1S/C7H4FN3O2/c8-6-2-1-4-7(10-6)5(3-9-4)11(12)13/h1-3,9H. The molecular weight excluding hydrogens is 177 g/mol. The number of fused-ring (bicyclic) bond motifs is 1. The lowest BCUT2D eigenvalue weighted by atomic mass is 10.3. The van der Waals surface area contributed by atoms with E-state index in [4.69, 9.17) is 0 Å². The molecule has 5 nitrogen and oxygen atoms in total. The van der Waals surface area contributed by atoms with Crippen LogP contribution >= 0.6 is 0 Å². The molecule has 2 aromatic heterocycles. The van der Waals surface area contributed by atoms with Gasteiger partial charge in [0.05, 0.1) is 16.6 Å². The lowest BCUT2D eigenvalue weighted by molar-refractivity contribution is -0.383. The first kappa shape index (κ1) is 7.66. The van der Waals surface area contributed by atoms with Crippen molar-refractivity contribution in [3.05, 3.63) is 34.4 Å². The van der Waals surface area contributed by atoms with Gasteiger partial charge in [0.1, 0.15) is 0 Å². The summed E-state index contributed by atoms with van der Waals surface area (Å²) in [4.78, 5) is 15.8. The first-order valence-corrected chi connectivity index (χ1v) is 3.46. The molecule has 0 aromatic carbocycles. The summed E-state index contributed by atoms with van der Waals surface area (Å²) in [5.74, 6) is -0.727. The van der Waals surface area contributed by atoms with Crippen molar-refractivity contribution in [3.8, 4) is 0 Å². The van der Waals surface area contributed by atoms with Gasteiger partial charge >= 0.3 is 5.69 Å². The minimum atomic E-state index is -0.727. The number of nitrogens with one attached hydrogen (secondary N) is 1. The molecule has 1 N–H and O–H groups in total. The Labute approximate surface area is 71.4 Å². The molecule has 0 amide bonds. The molecule has 0 saturated heterocycles. The number of H-pyrrole nitrogens is 1. The second-order valence-corrected chi connectivity index (χ2v) is 2.46. The highest BCUT2D eigenvalue weighted by molar-refractivity contribution is 5.84. The summed E-state index contributed by atoms with van der Waals surface area (Å²) in [6, 6.07) is 2.55. The lowest BCUT2D eigenvalue weighted by Gasteiger charge is -1.88. The van der Waals surface area contributed by atoms with Crippen molar-refractivity contribution in [2.45, 2.75) is 0 Å². The van der Waals surface area contributed by atoms with E-state index < -0.39 is 10.9 Å². The van der Waals surface area contributed by atoms with Crippen molar-refractivity contribution in [1.29, 1.82) is 0 Å². The fraction of sp³-hybridized carbons (Fsp3) is 0. The van der Waals surface area contributed by atoms with E-state index in [0.29, 0.717) is 5.52 Å². The maximum atomic E-state index is 12.6. The van der Waals surface area contributed by atoms with Crippen molar-refractivity contribution in [1.82, 2.24) is 9.97 Å². The van der Waals surface area contributed by atoms with E-state index in [2.05, 4.69) is 9.97 Å². The van der Waals surface area contributed by atoms with Gasteiger partial charge in [-0.15, -0.1) is 0 Å². The van der Waals surface area contributed by atoms with Crippen LogP contribution < -0.4 is 0 Å². The molecule has 0 saturated carbocycles. The van der Waals surface area contributed by atoms with E-state index in [-0.39, 0.29) is 11.2 Å². The zero-order valence-electron chi connectivity index (χ0n) is 6.32. The first-order valence-electron chi connectivity index (χ1n) is 3.46. The molecule has 13 heavy (non-hydrogen) atoms. The summed E-state index contributed by atoms with van der Waals surface area (Å²) in [6.45, 7) is 0. The summed E-state index contributed by atoms with van der Waals surface area (Å²) in [7, 11) is 0. The number of aromatic amines is 1. The van der Waals surface area contributed by atoms with Crippen molar-refractivity contribution in [3.63, 3.8) is 0 Å². The van der Waals surface area contributed by atoms with Gasteiger partial charge in [-0.05, 0) is 12.1 Å². The van der Waals surface area contributed by atoms with Crippen LogP contribution in [0.3, 0.4) is 0 Å². The van der Waals surface area contributed by atoms with Crippen LogP contribution in [0.4, 0.5) is 10.1 Å². The molecule has 0 spiro atoms. The Balaban J connectivity index is 2.79. The van der Waals surface area contributed by atoms with Gasteiger partial charge in [-0.1, -0.05) is 0 Å². The molecule has 0 atom stereocenters. The molecule has 0 bridgehead atoms. The lowest BCUT2D eigenvalue weighted by Crippen LogP contribution is -1.88. The van der Waals surface area contributed by atoms with Gasteiger partial charge < -0.3 is 4.98 Å². The highest BCUT2D eigenvalue weighted by Gasteiger charge is 2.15. The minimum Gasteiger partial charge on any atom is -0.354 e. The molecule has 2 aromatic rings. The molecule has 0 aliphatic rings. The summed E-state index contributed by atoms with van der Waals surface area (Å²) in [5, 5.41) is 10.4. The molecule has 0 radical (unpaired) electrons. The largest absolute Gasteiger partial charge is 0.354 e. The minimum absolute atomic E-state index is 0.0463. The number of halogens is 1. The topological polar surface area (TPSA) is 71.8 Å². The zero-order valence-corrected chi connectivity index (χ0v) is 6.32.